The maximum atomic E-state index is 12.8. The smallest absolute Gasteiger partial charge is 0.232 e. The minimum absolute atomic E-state index is 0.0408. The Balaban J connectivity index is 1.62. The summed E-state index contributed by atoms with van der Waals surface area (Å²) in [5.41, 5.74) is 4.41. The SMILES string of the molecule is Cc1ccc(NC(=O)[C@H](C)c2ccccc2)nc1C(c1ccccc1)N1CCCC1. The highest BCUT2D eigenvalue weighted by Gasteiger charge is 2.28. The van der Waals surface area contributed by atoms with Gasteiger partial charge in [0.2, 0.25) is 5.91 Å². The van der Waals surface area contributed by atoms with Gasteiger partial charge in [-0.25, -0.2) is 4.98 Å². The van der Waals surface area contributed by atoms with Crippen LogP contribution in [0.3, 0.4) is 0 Å². The van der Waals surface area contributed by atoms with Crippen molar-refractivity contribution in [2.75, 3.05) is 18.4 Å². The van der Waals surface area contributed by atoms with Crippen molar-refractivity contribution in [3.05, 3.63) is 95.2 Å². The number of amides is 1. The second-order valence-electron chi connectivity index (χ2n) is 8.08. The lowest BCUT2D eigenvalue weighted by Gasteiger charge is -2.29. The van der Waals surface area contributed by atoms with E-state index in [-0.39, 0.29) is 17.9 Å². The van der Waals surface area contributed by atoms with Gasteiger partial charge in [0.05, 0.1) is 17.7 Å². The summed E-state index contributed by atoms with van der Waals surface area (Å²) in [6, 6.07) is 24.5. The van der Waals surface area contributed by atoms with Crippen molar-refractivity contribution in [3.8, 4) is 0 Å². The van der Waals surface area contributed by atoms with Gasteiger partial charge in [0, 0.05) is 0 Å². The first-order chi connectivity index (χ1) is 14.6. The number of hydrogen-bond donors (Lipinski definition) is 1. The van der Waals surface area contributed by atoms with Crippen molar-refractivity contribution in [3.63, 3.8) is 0 Å². The zero-order chi connectivity index (χ0) is 20.9. The van der Waals surface area contributed by atoms with Gasteiger partial charge in [0.1, 0.15) is 5.82 Å². The Morgan fingerprint density at radius 1 is 0.900 bits per heavy atom. The second-order valence-corrected chi connectivity index (χ2v) is 8.08. The van der Waals surface area contributed by atoms with Crippen molar-refractivity contribution in [1.82, 2.24) is 9.88 Å². The Morgan fingerprint density at radius 3 is 2.13 bits per heavy atom. The van der Waals surface area contributed by atoms with E-state index in [4.69, 9.17) is 4.98 Å². The van der Waals surface area contributed by atoms with Crippen LogP contribution >= 0.6 is 0 Å². The van der Waals surface area contributed by atoms with Crippen LogP contribution < -0.4 is 5.32 Å². The van der Waals surface area contributed by atoms with Crippen LogP contribution in [0.25, 0.3) is 0 Å². The Hall–Kier alpha value is -2.98. The van der Waals surface area contributed by atoms with Crippen LogP contribution in [0.15, 0.2) is 72.8 Å². The molecule has 1 fully saturated rings. The minimum atomic E-state index is -0.235. The molecule has 4 nitrogen and oxygen atoms in total. The van der Waals surface area contributed by atoms with Crippen LogP contribution in [0.5, 0.6) is 0 Å². The minimum Gasteiger partial charge on any atom is -0.310 e. The summed E-state index contributed by atoms with van der Waals surface area (Å²) < 4.78 is 0. The molecule has 2 atom stereocenters. The van der Waals surface area contributed by atoms with Gasteiger partial charge in [-0.15, -0.1) is 0 Å². The lowest BCUT2D eigenvalue weighted by Crippen LogP contribution is -2.28. The van der Waals surface area contributed by atoms with Crippen LogP contribution in [0.1, 0.15) is 54.1 Å². The van der Waals surface area contributed by atoms with Gasteiger partial charge in [-0.1, -0.05) is 66.7 Å². The molecule has 30 heavy (non-hydrogen) atoms. The second kappa shape index (κ2) is 9.23. The molecule has 1 saturated heterocycles. The molecular formula is C26H29N3O. The average molecular weight is 400 g/mol. The van der Waals surface area contributed by atoms with Gasteiger partial charge in [-0.3, -0.25) is 9.69 Å². The van der Waals surface area contributed by atoms with Gasteiger partial charge < -0.3 is 5.32 Å². The third-order valence-corrected chi connectivity index (χ3v) is 5.96. The number of rotatable bonds is 6. The summed E-state index contributed by atoms with van der Waals surface area (Å²) in [7, 11) is 0. The number of hydrogen-bond acceptors (Lipinski definition) is 3. The number of aromatic nitrogens is 1. The number of carbonyl (C=O) groups excluding carboxylic acids is 1. The van der Waals surface area contributed by atoms with Crippen molar-refractivity contribution >= 4 is 11.7 Å². The molecule has 4 rings (SSSR count). The first-order valence-corrected chi connectivity index (χ1v) is 10.8. The predicted molar refractivity (Wildman–Crippen MR) is 122 cm³/mol. The quantitative estimate of drug-likeness (QED) is 0.610. The molecular weight excluding hydrogens is 370 g/mol. The van der Waals surface area contributed by atoms with Gasteiger partial charge in [-0.05, 0) is 62.5 Å². The highest BCUT2D eigenvalue weighted by Crippen LogP contribution is 2.33. The number of nitrogens with zero attached hydrogens (tertiary/aromatic N) is 2. The number of carbonyl (C=O) groups is 1. The number of pyridine rings is 1. The van der Waals surface area contributed by atoms with Crippen LogP contribution in [0.4, 0.5) is 5.82 Å². The normalized spacial score (nSPS) is 16.2. The van der Waals surface area contributed by atoms with Crippen LogP contribution in [0.2, 0.25) is 0 Å². The number of nitrogens with one attached hydrogen (secondary N) is 1. The molecule has 0 bridgehead atoms. The van der Waals surface area contributed by atoms with Crippen molar-refractivity contribution in [2.45, 2.75) is 38.6 Å². The number of aryl methyl sites for hydroxylation is 1. The van der Waals surface area contributed by atoms with E-state index in [1.807, 2.05) is 49.4 Å². The molecule has 2 heterocycles. The Morgan fingerprint density at radius 2 is 1.50 bits per heavy atom. The fourth-order valence-electron chi connectivity index (χ4n) is 4.20. The molecule has 4 heteroatoms. The third-order valence-electron chi connectivity index (χ3n) is 5.96. The fourth-order valence-corrected chi connectivity index (χ4v) is 4.20. The van der Waals surface area contributed by atoms with Crippen molar-refractivity contribution in [2.24, 2.45) is 0 Å². The zero-order valence-corrected chi connectivity index (χ0v) is 17.7. The molecule has 1 unspecified atom stereocenters. The standard InChI is InChI=1S/C26H29N3O/c1-19-15-16-23(28-26(30)20(2)21-11-5-3-6-12-21)27-24(19)25(29-17-9-10-18-29)22-13-7-4-8-14-22/h3-8,11-16,20,25H,9-10,17-18H2,1-2H3,(H,27,28,30)/t20-,25?/m1/s1. The predicted octanol–water partition coefficient (Wildman–Crippen LogP) is 5.32. The number of benzene rings is 2. The molecule has 0 spiro atoms. The molecule has 1 aliphatic rings. The molecule has 0 saturated carbocycles. The van der Waals surface area contributed by atoms with E-state index in [1.165, 1.54) is 18.4 Å². The fraction of sp³-hybridized carbons (Fsp3) is 0.308. The Kier molecular flexibility index (Phi) is 6.24. The van der Waals surface area contributed by atoms with Gasteiger partial charge in [0.15, 0.2) is 0 Å². The average Bonchev–Trinajstić information content (AvgIpc) is 3.31. The molecule has 2 aromatic carbocycles. The summed E-state index contributed by atoms with van der Waals surface area (Å²) in [4.78, 5) is 20.3. The summed E-state index contributed by atoms with van der Waals surface area (Å²) in [5.74, 6) is 0.339. The molecule has 154 valence electrons. The lowest BCUT2D eigenvalue weighted by molar-refractivity contribution is -0.117. The van der Waals surface area contributed by atoms with E-state index in [1.54, 1.807) is 0 Å². The largest absolute Gasteiger partial charge is 0.310 e. The van der Waals surface area contributed by atoms with Crippen molar-refractivity contribution < 1.29 is 4.79 Å². The molecule has 1 amide bonds. The lowest BCUT2D eigenvalue weighted by atomic mass is 9.98. The first kappa shape index (κ1) is 20.3. The molecule has 0 radical (unpaired) electrons. The van der Waals surface area contributed by atoms with E-state index in [2.05, 4.69) is 47.5 Å². The zero-order valence-electron chi connectivity index (χ0n) is 17.7. The highest BCUT2D eigenvalue weighted by molar-refractivity contribution is 5.94. The summed E-state index contributed by atoms with van der Waals surface area (Å²) in [6.45, 7) is 6.17. The van der Waals surface area contributed by atoms with Gasteiger partial charge >= 0.3 is 0 Å². The molecule has 1 aromatic heterocycles. The number of likely N-dealkylation sites (tertiary alicyclic amines) is 1. The van der Waals surface area contributed by atoms with Crippen LogP contribution in [0, 0.1) is 6.92 Å². The monoisotopic (exact) mass is 399 g/mol. The maximum Gasteiger partial charge on any atom is 0.232 e. The van der Waals surface area contributed by atoms with Crippen molar-refractivity contribution in [1.29, 1.82) is 0 Å². The molecule has 1 aliphatic heterocycles. The Bertz CT molecular complexity index is 982. The molecule has 3 aromatic rings. The molecule has 1 N–H and O–H groups in total. The van der Waals surface area contributed by atoms with Gasteiger partial charge in [0.25, 0.3) is 0 Å². The van der Waals surface area contributed by atoms with Crippen LogP contribution in [-0.2, 0) is 4.79 Å². The van der Waals surface area contributed by atoms with E-state index in [0.29, 0.717) is 5.82 Å². The molecule has 0 aliphatic carbocycles. The first-order valence-electron chi connectivity index (χ1n) is 10.8. The van der Waals surface area contributed by atoms with E-state index < -0.39 is 0 Å². The Labute approximate surface area is 179 Å². The van der Waals surface area contributed by atoms with Crippen LogP contribution in [-0.4, -0.2) is 28.9 Å². The topological polar surface area (TPSA) is 45.2 Å². The summed E-state index contributed by atoms with van der Waals surface area (Å²) in [6.07, 6.45) is 2.43. The van der Waals surface area contributed by atoms with Gasteiger partial charge in [-0.2, -0.15) is 0 Å². The van der Waals surface area contributed by atoms with E-state index in [0.717, 1.165) is 29.9 Å². The van der Waals surface area contributed by atoms with E-state index in [9.17, 15) is 4.79 Å². The summed E-state index contributed by atoms with van der Waals surface area (Å²) in [5, 5.41) is 3.04. The highest BCUT2D eigenvalue weighted by atomic mass is 16.1. The number of anilines is 1. The summed E-state index contributed by atoms with van der Waals surface area (Å²) >= 11 is 0. The maximum absolute atomic E-state index is 12.8. The van der Waals surface area contributed by atoms with E-state index >= 15 is 0 Å². The third kappa shape index (κ3) is 4.44.